The lowest BCUT2D eigenvalue weighted by Gasteiger charge is -2.20. The molecule has 4 rings (SSSR count). The van der Waals surface area contributed by atoms with Crippen molar-refractivity contribution in [2.75, 3.05) is 11.9 Å². The molecule has 26 heavy (non-hydrogen) atoms. The maximum atomic E-state index is 13.2. The lowest BCUT2D eigenvalue weighted by atomic mass is 9.85. The van der Waals surface area contributed by atoms with Gasteiger partial charge < -0.3 is 10.3 Å². The third-order valence-electron chi connectivity index (χ3n) is 5.12. The molecule has 130 valence electrons. The number of carbonyl (C=O) groups excluding carboxylic acids is 1. The van der Waals surface area contributed by atoms with Gasteiger partial charge in [0.2, 0.25) is 0 Å². The fourth-order valence-electron chi connectivity index (χ4n) is 3.80. The molecule has 0 saturated heterocycles. The number of hydrogen-bond acceptors (Lipinski definition) is 3. The van der Waals surface area contributed by atoms with Gasteiger partial charge in [-0.1, -0.05) is 19.9 Å². The molecule has 0 saturated carbocycles. The second kappa shape index (κ2) is 6.34. The van der Waals surface area contributed by atoms with Gasteiger partial charge >= 0.3 is 0 Å². The Labute approximate surface area is 152 Å². The Morgan fingerprint density at radius 2 is 2.08 bits per heavy atom. The summed E-state index contributed by atoms with van der Waals surface area (Å²) in [6.45, 7) is 5.19. The molecular formula is C22H21N3O. The van der Waals surface area contributed by atoms with Crippen LogP contribution in [-0.2, 0) is 12.8 Å². The van der Waals surface area contributed by atoms with Crippen molar-refractivity contribution in [1.82, 2.24) is 4.98 Å². The first-order valence-corrected chi connectivity index (χ1v) is 9.15. The minimum absolute atomic E-state index is 0.0777. The zero-order chi connectivity index (χ0) is 18.3. The Morgan fingerprint density at radius 1 is 1.23 bits per heavy atom. The van der Waals surface area contributed by atoms with Crippen LogP contribution in [0.2, 0.25) is 0 Å². The van der Waals surface area contributed by atoms with Crippen LogP contribution < -0.4 is 5.32 Å². The normalized spacial score (nSPS) is 12.6. The van der Waals surface area contributed by atoms with Gasteiger partial charge in [0.1, 0.15) is 0 Å². The van der Waals surface area contributed by atoms with Crippen molar-refractivity contribution in [1.29, 1.82) is 5.26 Å². The Bertz CT molecular complexity index is 1070. The number of aryl methyl sites for hydroxylation is 1. The number of ketones is 1. The van der Waals surface area contributed by atoms with Crippen LogP contribution >= 0.6 is 0 Å². The van der Waals surface area contributed by atoms with Crippen molar-refractivity contribution in [2.24, 2.45) is 0 Å². The van der Waals surface area contributed by atoms with E-state index in [1.165, 1.54) is 5.56 Å². The number of aromatic amines is 1. The fourth-order valence-corrected chi connectivity index (χ4v) is 3.80. The summed E-state index contributed by atoms with van der Waals surface area (Å²) in [5.74, 6) is 0.0777. The van der Waals surface area contributed by atoms with E-state index in [0.717, 1.165) is 58.4 Å². The summed E-state index contributed by atoms with van der Waals surface area (Å²) < 4.78 is 0. The number of aromatic nitrogens is 1. The molecule has 0 unspecified atom stereocenters. The van der Waals surface area contributed by atoms with Gasteiger partial charge in [0, 0.05) is 40.8 Å². The van der Waals surface area contributed by atoms with Gasteiger partial charge in [-0.05, 0) is 48.2 Å². The Kier molecular flexibility index (Phi) is 4.00. The van der Waals surface area contributed by atoms with E-state index in [9.17, 15) is 4.79 Å². The standard InChI is InChI=1S/C22H21N3O/c1-3-7-24-18-10-15-11-20-21(22(26)17(15)9-14(18)4-2)16-6-5-13(12-23)8-19(16)25-20/h5-6,8-10,24-25H,3-4,7,11H2,1-2H3. The molecule has 4 heteroatoms. The number of benzene rings is 2. The molecule has 1 aromatic heterocycles. The van der Waals surface area contributed by atoms with Gasteiger partial charge in [0.25, 0.3) is 0 Å². The smallest absolute Gasteiger partial charge is 0.195 e. The highest BCUT2D eigenvalue weighted by molar-refractivity contribution is 6.19. The SMILES string of the molecule is CCCNc1cc2c(cc1CC)C(=O)c1c([nH]c3cc(C#N)ccc13)C2. The molecule has 0 fully saturated rings. The molecule has 1 heterocycles. The van der Waals surface area contributed by atoms with Gasteiger partial charge in [0.15, 0.2) is 5.78 Å². The molecule has 0 bridgehead atoms. The second-order valence-electron chi connectivity index (χ2n) is 6.80. The number of carbonyl (C=O) groups is 1. The van der Waals surface area contributed by atoms with Gasteiger partial charge in [-0.15, -0.1) is 0 Å². The van der Waals surface area contributed by atoms with E-state index in [1.807, 2.05) is 12.1 Å². The Morgan fingerprint density at radius 3 is 2.81 bits per heavy atom. The van der Waals surface area contributed by atoms with E-state index < -0.39 is 0 Å². The summed E-state index contributed by atoms with van der Waals surface area (Å²) in [7, 11) is 0. The van der Waals surface area contributed by atoms with Gasteiger partial charge in [0.05, 0.1) is 17.2 Å². The van der Waals surface area contributed by atoms with Crippen LogP contribution in [0.1, 0.15) is 58.6 Å². The average Bonchev–Trinajstić information content (AvgIpc) is 3.03. The molecule has 4 nitrogen and oxygen atoms in total. The first kappa shape index (κ1) is 16.4. The maximum absolute atomic E-state index is 13.2. The predicted octanol–water partition coefficient (Wildman–Crippen LogP) is 4.56. The molecule has 0 radical (unpaired) electrons. The van der Waals surface area contributed by atoms with Gasteiger partial charge in [-0.25, -0.2) is 0 Å². The molecule has 1 aliphatic rings. The number of hydrogen-bond donors (Lipinski definition) is 2. The number of rotatable bonds is 4. The van der Waals surface area contributed by atoms with E-state index in [2.05, 4.69) is 42.4 Å². The Hall–Kier alpha value is -3.06. The van der Waals surface area contributed by atoms with Crippen LogP contribution in [0.4, 0.5) is 5.69 Å². The highest BCUT2D eigenvalue weighted by atomic mass is 16.1. The third kappa shape index (κ3) is 2.48. The van der Waals surface area contributed by atoms with Crippen LogP contribution in [0.15, 0.2) is 30.3 Å². The van der Waals surface area contributed by atoms with Crippen LogP contribution in [0.3, 0.4) is 0 Å². The lowest BCUT2D eigenvalue weighted by molar-refractivity contribution is 0.103. The lowest BCUT2D eigenvalue weighted by Crippen LogP contribution is -2.16. The second-order valence-corrected chi connectivity index (χ2v) is 6.80. The molecule has 2 aromatic carbocycles. The largest absolute Gasteiger partial charge is 0.385 e. The van der Waals surface area contributed by atoms with E-state index in [0.29, 0.717) is 12.0 Å². The minimum atomic E-state index is 0.0777. The monoisotopic (exact) mass is 343 g/mol. The van der Waals surface area contributed by atoms with Crippen molar-refractivity contribution in [2.45, 2.75) is 33.1 Å². The topological polar surface area (TPSA) is 68.7 Å². The summed E-state index contributed by atoms with van der Waals surface area (Å²) in [6, 6.07) is 11.8. The molecule has 0 aliphatic heterocycles. The highest BCUT2D eigenvalue weighted by Gasteiger charge is 2.28. The summed E-state index contributed by atoms with van der Waals surface area (Å²) in [5, 5.41) is 13.5. The molecule has 0 amide bonds. The van der Waals surface area contributed by atoms with E-state index in [1.54, 1.807) is 6.07 Å². The number of fused-ring (bicyclic) bond motifs is 4. The molecule has 1 aliphatic carbocycles. The number of anilines is 1. The molecule has 0 atom stereocenters. The van der Waals surface area contributed by atoms with Gasteiger partial charge in [-0.2, -0.15) is 5.26 Å². The molecule has 2 N–H and O–H groups in total. The van der Waals surface area contributed by atoms with E-state index >= 15 is 0 Å². The number of nitriles is 1. The summed E-state index contributed by atoms with van der Waals surface area (Å²) >= 11 is 0. The zero-order valence-corrected chi connectivity index (χ0v) is 15.1. The average molecular weight is 343 g/mol. The van der Waals surface area contributed by atoms with Crippen molar-refractivity contribution in [3.05, 3.63) is 63.8 Å². The molecular weight excluding hydrogens is 322 g/mol. The minimum Gasteiger partial charge on any atom is -0.385 e. The van der Waals surface area contributed by atoms with Crippen molar-refractivity contribution in [3.8, 4) is 6.07 Å². The van der Waals surface area contributed by atoms with Crippen molar-refractivity contribution in [3.63, 3.8) is 0 Å². The zero-order valence-electron chi connectivity index (χ0n) is 15.1. The van der Waals surface area contributed by atoms with Crippen molar-refractivity contribution < 1.29 is 4.79 Å². The number of nitrogens with one attached hydrogen (secondary N) is 2. The summed E-state index contributed by atoms with van der Waals surface area (Å²) in [6.07, 6.45) is 2.66. The van der Waals surface area contributed by atoms with Crippen LogP contribution in [-0.4, -0.2) is 17.3 Å². The Balaban J connectivity index is 1.85. The molecule has 0 spiro atoms. The third-order valence-corrected chi connectivity index (χ3v) is 5.12. The van der Waals surface area contributed by atoms with Crippen molar-refractivity contribution >= 4 is 22.4 Å². The summed E-state index contributed by atoms with van der Waals surface area (Å²) in [5.41, 5.74) is 7.34. The number of nitrogens with zero attached hydrogens (tertiary/aromatic N) is 1. The first-order valence-electron chi connectivity index (χ1n) is 9.15. The summed E-state index contributed by atoms with van der Waals surface area (Å²) in [4.78, 5) is 16.6. The van der Waals surface area contributed by atoms with Gasteiger partial charge in [-0.3, -0.25) is 4.79 Å². The van der Waals surface area contributed by atoms with Crippen LogP contribution in [0.5, 0.6) is 0 Å². The maximum Gasteiger partial charge on any atom is 0.195 e. The predicted molar refractivity (Wildman–Crippen MR) is 104 cm³/mol. The van der Waals surface area contributed by atoms with E-state index in [4.69, 9.17) is 5.26 Å². The fraction of sp³-hybridized carbons (Fsp3) is 0.273. The van der Waals surface area contributed by atoms with Crippen LogP contribution in [0.25, 0.3) is 10.9 Å². The first-order chi connectivity index (χ1) is 12.7. The van der Waals surface area contributed by atoms with Crippen LogP contribution in [0, 0.1) is 11.3 Å². The highest BCUT2D eigenvalue weighted by Crippen LogP contribution is 2.35. The van der Waals surface area contributed by atoms with E-state index in [-0.39, 0.29) is 5.78 Å². The quantitative estimate of drug-likeness (QED) is 0.571. The number of H-pyrrole nitrogens is 1. The molecule has 3 aromatic rings.